The van der Waals surface area contributed by atoms with Crippen molar-refractivity contribution in [3.8, 4) is 0 Å². The number of carbonyl (C=O) groups excluding carboxylic acids is 1. The van der Waals surface area contributed by atoms with Gasteiger partial charge in [0.1, 0.15) is 0 Å². The number of ether oxygens (including phenoxy) is 1. The summed E-state index contributed by atoms with van der Waals surface area (Å²) in [5, 5.41) is 3.39. The first kappa shape index (κ1) is 10.1. The second-order valence-electron chi connectivity index (χ2n) is 2.54. The Bertz CT molecular complexity index is 383. The number of methoxy groups -OCH3 is 1. The van der Waals surface area contributed by atoms with Crippen LogP contribution in [0.25, 0.3) is 10.4 Å². The molecule has 0 spiro atoms. The fourth-order valence-electron chi connectivity index (χ4n) is 1.08. The molecule has 0 N–H and O–H groups in total. The average Bonchev–Trinajstić information content (AvgIpc) is 2.25. The minimum absolute atomic E-state index is 0.155. The summed E-state index contributed by atoms with van der Waals surface area (Å²) in [6.07, 6.45) is 0. The van der Waals surface area contributed by atoms with Crippen molar-refractivity contribution in [3.05, 3.63) is 45.8 Å². The highest BCUT2D eigenvalue weighted by atomic mass is 16.5. The van der Waals surface area contributed by atoms with E-state index >= 15 is 0 Å². The highest BCUT2D eigenvalue weighted by molar-refractivity contribution is 5.90. The maximum atomic E-state index is 11.2. The molecule has 0 aliphatic rings. The van der Waals surface area contributed by atoms with Gasteiger partial charge in [-0.05, 0) is 17.2 Å². The maximum Gasteiger partial charge on any atom is 0.338 e. The van der Waals surface area contributed by atoms with Gasteiger partial charge in [-0.3, -0.25) is 0 Å². The summed E-state index contributed by atoms with van der Waals surface area (Å²) in [6.45, 7) is 0.155. The number of carbonyl (C=O) groups is 1. The fraction of sp³-hybridized carbons (Fsp3) is 0.222. The van der Waals surface area contributed by atoms with E-state index in [1.807, 2.05) is 0 Å². The standard InChI is InChI=1S/C9H9N3O2/c1-14-9(13)8-5-3-2-4-7(8)6-11-12-10/h2-5H,6H2,1H3. The van der Waals surface area contributed by atoms with Gasteiger partial charge in [-0.1, -0.05) is 23.3 Å². The second-order valence-corrected chi connectivity index (χ2v) is 2.54. The van der Waals surface area contributed by atoms with Gasteiger partial charge in [0.15, 0.2) is 0 Å². The monoisotopic (exact) mass is 191 g/mol. The van der Waals surface area contributed by atoms with Crippen LogP contribution in [0.2, 0.25) is 0 Å². The summed E-state index contributed by atoms with van der Waals surface area (Å²) in [4.78, 5) is 13.9. The lowest BCUT2D eigenvalue weighted by Crippen LogP contribution is -2.04. The molecule has 0 bridgehead atoms. The third-order valence-corrected chi connectivity index (χ3v) is 1.73. The lowest BCUT2D eigenvalue weighted by molar-refractivity contribution is 0.0599. The highest BCUT2D eigenvalue weighted by Crippen LogP contribution is 2.11. The smallest absolute Gasteiger partial charge is 0.338 e. The summed E-state index contributed by atoms with van der Waals surface area (Å²) in [5.74, 6) is -0.422. The molecule has 1 rings (SSSR count). The number of hydrogen-bond donors (Lipinski definition) is 0. The van der Waals surface area contributed by atoms with Crippen LogP contribution in [0.4, 0.5) is 0 Å². The number of nitrogens with zero attached hydrogens (tertiary/aromatic N) is 3. The lowest BCUT2D eigenvalue weighted by atomic mass is 10.1. The van der Waals surface area contributed by atoms with Crippen LogP contribution in [0, 0.1) is 0 Å². The molecule has 1 aromatic rings. The first-order chi connectivity index (χ1) is 6.79. The van der Waals surface area contributed by atoms with Crippen molar-refractivity contribution < 1.29 is 9.53 Å². The van der Waals surface area contributed by atoms with E-state index in [1.165, 1.54) is 7.11 Å². The van der Waals surface area contributed by atoms with E-state index in [0.717, 1.165) is 0 Å². The molecule has 5 heteroatoms. The van der Waals surface area contributed by atoms with Crippen molar-refractivity contribution in [1.82, 2.24) is 0 Å². The molecule has 14 heavy (non-hydrogen) atoms. The van der Waals surface area contributed by atoms with Crippen molar-refractivity contribution in [2.24, 2.45) is 5.11 Å². The fourth-order valence-corrected chi connectivity index (χ4v) is 1.08. The van der Waals surface area contributed by atoms with Crippen LogP contribution in [0.3, 0.4) is 0 Å². The molecule has 0 radical (unpaired) electrons. The Kier molecular flexibility index (Phi) is 3.52. The minimum atomic E-state index is -0.422. The molecule has 0 unspecified atom stereocenters. The molecule has 1 aromatic carbocycles. The Hall–Kier alpha value is -2.00. The van der Waals surface area contributed by atoms with Gasteiger partial charge < -0.3 is 4.74 Å². The highest BCUT2D eigenvalue weighted by Gasteiger charge is 2.09. The minimum Gasteiger partial charge on any atom is -0.465 e. The summed E-state index contributed by atoms with van der Waals surface area (Å²) in [6, 6.07) is 6.86. The molecular formula is C9H9N3O2. The van der Waals surface area contributed by atoms with E-state index in [-0.39, 0.29) is 6.54 Å². The molecule has 0 aliphatic carbocycles. The van der Waals surface area contributed by atoms with Crippen LogP contribution in [-0.2, 0) is 11.3 Å². The summed E-state index contributed by atoms with van der Waals surface area (Å²) >= 11 is 0. The number of rotatable bonds is 3. The molecular weight excluding hydrogens is 182 g/mol. The Morgan fingerprint density at radius 3 is 2.93 bits per heavy atom. The van der Waals surface area contributed by atoms with Gasteiger partial charge in [-0.25, -0.2) is 4.79 Å². The Morgan fingerprint density at radius 2 is 2.29 bits per heavy atom. The predicted molar refractivity (Wildman–Crippen MR) is 50.6 cm³/mol. The number of esters is 1. The van der Waals surface area contributed by atoms with Gasteiger partial charge in [-0.2, -0.15) is 0 Å². The lowest BCUT2D eigenvalue weighted by Gasteiger charge is -2.03. The molecule has 0 saturated carbocycles. The zero-order chi connectivity index (χ0) is 10.4. The quantitative estimate of drug-likeness (QED) is 0.318. The van der Waals surface area contributed by atoms with E-state index in [9.17, 15) is 4.79 Å². The summed E-state index contributed by atoms with van der Waals surface area (Å²) in [7, 11) is 1.31. The third kappa shape index (κ3) is 2.24. The second kappa shape index (κ2) is 4.89. The topological polar surface area (TPSA) is 75.1 Å². The predicted octanol–water partition coefficient (Wildman–Crippen LogP) is 2.28. The largest absolute Gasteiger partial charge is 0.465 e. The van der Waals surface area contributed by atoms with Crippen LogP contribution in [0.15, 0.2) is 29.4 Å². The average molecular weight is 191 g/mol. The van der Waals surface area contributed by atoms with Crippen molar-refractivity contribution in [3.63, 3.8) is 0 Å². The van der Waals surface area contributed by atoms with E-state index < -0.39 is 5.97 Å². The van der Waals surface area contributed by atoms with Crippen molar-refractivity contribution in [2.45, 2.75) is 6.54 Å². The molecule has 0 atom stereocenters. The Morgan fingerprint density at radius 1 is 1.57 bits per heavy atom. The van der Waals surface area contributed by atoms with Gasteiger partial charge in [0.25, 0.3) is 0 Å². The van der Waals surface area contributed by atoms with Crippen molar-refractivity contribution in [2.75, 3.05) is 7.11 Å². The first-order valence-electron chi connectivity index (χ1n) is 3.96. The van der Waals surface area contributed by atoms with Crippen LogP contribution in [0.5, 0.6) is 0 Å². The molecule has 0 saturated heterocycles. The van der Waals surface area contributed by atoms with Gasteiger partial charge in [0.2, 0.25) is 0 Å². The van der Waals surface area contributed by atoms with Crippen LogP contribution >= 0.6 is 0 Å². The van der Waals surface area contributed by atoms with E-state index in [4.69, 9.17) is 5.53 Å². The molecule has 0 heterocycles. The van der Waals surface area contributed by atoms with Crippen LogP contribution < -0.4 is 0 Å². The van der Waals surface area contributed by atoms with Gasteiger partial charge in [0, 0.05) is 4.91 Å². The summed E-state index contributed by atoms with van der Waals surface area (Å²) in [5.41, 5.74) is 9.25. The van der Waals surface area contributed by atoms with Gasteiger partial charge >= 0.3 is 5.97 Å². The molecule has 72 valence electrons. The third-order valence-electron chi connectivity index (χ3n) is 1.73. The van der Waals surface area contributed by atoms with E-state index in [1.54, 1.807) is 24.3 Å². The SMILES string of the molecule is COC(=O)c1ccccc1CN=[N+]=[N-]. The number of azide groups is 1. The zero-order valence-corrected chi connectivity index (χ0v) is 7.67. The molecule has 0 aromatic heterocycles. The van der Waals surface area contributed by atoms with Crippen LogP contribution in [0.1, 0.15) is 15.9 Å². The Labute approximate surface area is 80.9 Å². The Balaban J connectivity index is 3.02. The number of benzene rings is 1. The summed E-state index contributed by atoms with van der Waals surface area (Å²) < 4.78 is 4.58. The van der Waals surface area contributed by atoms with Gasteiger partial charge in [-0.15, -0.1) is 0 Å². The van der Waals surface area contributed by atoms with E-state index in [0.29, 0.717) is 11.1 Å². The number of hydrogen-bond acceptors (Lipinski definition) is 3. The van der Waals surface area contributed by atoms with E-state index in [2.05, 4.69) is 14.8 Å². The molecule has 0 aliphatic heterocycles. The van der Waals surface area contributed by atoms with Crippen molar-refractivity contribution in [1.29, 1.82) is 0 Å². The normalized spacial score (nSPS) is 8.93. The van der Waals surface area contributed by atoms with Crippen molar-refractivity contribution >= 4 is 5.97 Å². The first-order valence-corrected chi connectivity index (χ1v) is 3.96. The molecule has 0 amide bonds. The zero-order valence-electron chi connectivity index (χ0n) is 7.67. The van der Waals surface area contributed by atoms with Crippen LogP contribution in [-0.4, -0.2) is 13.1 Å². The molecule has 5 nitrogen and oxygen atoms in total. The maximum absolute atomic E-state index is 11.2. The van der Waals surface area contributed by atoms with Gasteiger partial charge in [0.05, 0.1) is 19.2 Å². The molecule has 0 fully saturated rings.